The van der Waals surface area contributed by atoms with Gasteiger partial charge in [0.05, 0.1) is 50.7 Å². The lowest BCUT2D eigenvalue weighted by Crippen LogP contribution is -2.30. The van der Waals surface area contributed by atoms with Gasteiger partial charge in [0.15, 0.2) is 0 Å². The van der Waals surface area contributed by atoms with Gasteiger partial charge in [-0.25, -0.2) is 9.59 Å². The summed E-state index contributed by atoms with van der Waals surface area (Å²) < 4.78 is 41.3. The number of benzene rings is 2. The molecule has 3 rings (SSSR count). The fourth-order valence-corrected chi connectivity index (χ4v) is 5.66. The molecule has 2 atom stereocenters. The Morgan fingerprint density at radius 3 is 1.17 bits per heavy atom. The number of carbonyl (C=O) groups excluding carboxylic acids is 8. The van der Waals surface area contributed by atoms with Gasteiger partial charge in [-0.1, -0.05) is 37.4 Å². The Hall–Kier alpha value is -6.32. The SMILES string of the molecule is C=CC(=O)OC(C)COC(=O)CCC(=O)OCCc1ccc(OC(=O)C2CCC(C(=O)Oc3ccc(CCOC(=O)CCC(=O)OCC(C)OC(=O)C=C)cc3)CC2)cc1. The third-order valence-electron chi connectivity index (χ3n) is 8.98. The highest BCUT2D eigenvalue weighted by Crippen LogP contribution is 2.31. The van der Waals surface area contributed by atoms with Gasteiger partial charge in [0.1, 0.15) is 36.9 Å². The van der Waals surface area contributed by atoms with Gasteiger partial charge in [-0.15, -0.1) is 0 Å². The van der Waals surface area contributed by atoms with E-state index in [9.17, 15) is 38.4 Å². The van der Waals surface area contributed by atoms with E-state index in [-0.39, 0.29) is 75.9 Å². The molecule has 1 aliphatic carbocycles. The molecule has 0 radical (unpaired) electrons. The molecular formula is C44H52O16. The van der Waals surface area contributed by atoms with Gasteiger partial charge in [-0.3, -0.25) is 28.8 Å². The zero-order valence-electron chi connectivity index (χ0n) is 33.9. The van der Waals surface area contributed by atoms with Gasteiger partial charge in [0.2, 0.25) is 0 Å². The molecule has 0 heterocycles. The molecule has 2 aromatic rings. The van der Waals surface area contributed by atoms with E-state index in [1.54, 1.807) is 62.4 Å². The van der Waals surface area contributed by atoms with Gasteiger partial charge in [-0.2, -0.15) is 0 Å². The third-order valence-corrected chi connectivity index (χ3v) is 8.98. The van der Waals surface area contributed by atoms with E-state index in [2.05, 4.69) is 13.2 Å². The quantitative estimate of drug-likeness (QED) is 0.0586. The van der Waals surface area contributed by atoms with Crippen LogP contribution in [0.5, 0.6) is 11.5 Å². The monoisotopic (exact) mass is 836 g/mol. The zero-order chi connectivity index (χ0) is 43.9. The average molecular weight is 837 g/mol. The molecule has 0 spiro atoms. The maximum Gasteiger partial charge on any atom is 0.330 e. The molecule has 0 bridgehead atoms. The Balaban J connectivity index is 1.26. The largest absolute Gasteiger partial charge is 0.465 e. The molecule has 1 aliphatic rings. The molecule has 16 heteroatoms. The molecule has 0 saturated heterocycles. The topological polar surface area (TPSA) is 210 Å². The lowest BCUT2D eigenvalue weighted by molar-refractivity contribution is -0.156. The molecule has 324 valence electrons. The first-order valence-electron chi connectivity index (χ1n) is 19.6. The minimum atomic E-state index is -0.650. The third kappa shape index (κ3) is 19.0. The Labute approximate surface area is 348 Å². The van der Waals surface area contributed by atoms with Crippen LogP contribution in [-0.2, 0) is 79.6 Å². The second-order valence-corrected chi connectivity index (χ2v) is 13.9. The predicted octanol–water partition coefficient (Wildman–Crippen LogP) is 5.06. The van der Waals surface area contributed by atoms with Crippen LogP contribution in [0.15, 0.2) is 73.8 Å². The van der Waals surface area contributed by atoms with Crippen LogP contribution in [0.2, 0.25) is 0 Å². The van der Waals surface area contributed by atoms with Gasteiger partial charge < -0.3 is 37.9 Å². The van der Waals surface area contributed by atoms with Crippen molar-refractivity contribution in [3.8, 4) is 11.5 Å². The second kappa shape index (κ2) is 25.9. The van der Waals surface area contributed by atoms with Crippen LogP contribution in [0.25, 0.3) is 0 Å². The van der Waals surface area contributed by atoms with Crippen molar-refractivity contribution in [1.82, 2.24) is 0 Å². The van der Waals surface area contributed by atoms with E-state index in [0.29, 0.717) is 50.0 Å². The zero-order valence-corrected chi connectivity index (χ0v) is 33.9. The molecule has 2 aromatic carbocycles. The molecule has 0 aromatic heterocycles. The Morgan fingerprint density at radius 1 is 0.533 bits per heavy atom. The summed E-state index contributed by atoms with van der Waals surface area (Å²) >= 11 is 0. The summed E-state index contributed by atoms with van der Waals surface area (Å²) in [7, 11) is 0. The van der Waals surface area contributed by atoms with Crippen LogP contribution in [0.1, 0.15) is 76.3 Å². The van der Waals surface area contributed by atoms with Crippen LogP contribution < -0.4 is 9.47 Å². The van der Waals surface area contributed by atoms with E-state index in [0.717, 1.165) is 23.3 Å². The van der Waals surface area contributed by atoms with Crippen LogP contribution >= 0.6 is 0 Å². The van der Waals surface area contributed by atoms with Crippen molar-refractivity contribution < 1.29 is 76.3 Å². The normalized spacial score (nSPS) is 15.4. The van der Waals surface area contributed by atoms with Crippen molar-refractivity contribution in [3.63, 3.8) is 0 Å². The number of ether oxygens (including phenoxy) is 8. The fraction of sp³-hybridized carbons (Fsp3) is 0.455. The van der Waals surface area contributed by atoms with Gasteiger partial charge in [0, 0.05) is 25.0 Å². The molecule has 60 heavy (non-hydrogen) atoms. The summed E-state index contributed by atoms with van der Waals surface area (Å²) in [5.74, 6) is -4.39. The number of rotatable bonds is 24. The number of hydrogen-bond acceptors (Lipinski definition) is 16. The van der Waals surface area contributed by atoms with Crippen LogP contribution in [-0.4, -0.2) is 86.4 Å². The van der Waals surface area contributed by atoms with Crippen molar-refractivity contribution in [2.45, 2.75) is 90.3 Å². The maximum absolute atomic E-state index is 12.9. The van der Waals surface area contributed by atoms with Crippen LogP contribution in [0.4, 0.5) is 0 Å². The van der Waals surface area contributed by atoms with Crippen molar-refractivity contribution in [2.75, 3.05) is 26.4 Å². The highest BCUT2D eigenvalue weighted by atomic mass is 16.6. The van der Waals surface area contributed by atoms with E-state index in [1.165, 1.54) is 0 Å². The van der Waals surface area contributed by atoms with Crippen LogP contribution in [0.3, 0.4) is 0 Å². The standard InChI is InChI=1S/C44H52O16/c1-5-37(45)57-29(3)27-55-41(49)21-19-39(47)53-25-23-31-7-15-35(16-8-31)59-43(51)33-11-13-34(14-12-33)44(52)60-36-17-9-32(10-18-36)24-26-54-40(48)20-22-42(50)56-28-30(4)58-38(46)6-2/h5-10,15-18,29-30,33-34H,1-2,11-14,19-28H2,3-4H3. The Morgan fingerprint density at radius 2 is 0.850 bits per heavy atom. The summed E-state index contributed by atoms with van der Waals surface area (Å²) in [5, 5.41) is 0. The molecular weight excluding hydrogens is 784 g/mol. The average Bonchev–Trinajstić information content (AvgIpc) is 3.24. The van der Waals surface area contributed by atoms with E-state index >= 15 is 0 Å². The van der Waals surface area contributed by atoms with Crippen molar-refractivity contribution >= 4 is 47.8 Å². The summed E-state index contributed by atoms with van der Waals surface area (Å²) in [4.78, 5) is 95.8. The van der Waals surface area contributed by atoms with Gasteiger partial charge in [-0.05, 0) is 74.9 Å². The summed E-state index contributed by atoms with van der Waals surface area (Å²) in [6.45, 7) is 9.57. The molecule has 0 aliphatic heterocycles. The molecule has 1 fully saturated rings. The lowest BCUT2D eigenvalue weighted by Gasteiger charge is -2.25. The number of carbonyl (C=O) groups is 8. The minimum Gasteiger partial charge on any atom is -0.465 e. The van der Waals surface area contributed by atoms with Crippen molar-refractivity contribution in [2.24, 2.45) is 11.8 Å². The first-order chi connectivity index (χ1) is 28.7. The van der Waals surface area contributed by atoms with Crippen LogP contribution in [0, 0.1) is 11.8 Å². The smallest absolute Gasteiger partial charge is 0.330 e. The summed E-state index contributed by atoms with van der Waals surface area (Å²) in [5.41, 5.74) is 1.68. The molecule has 0 amide bonds. The molecule has 0 N–H and O–H groups in total. The number of esters is 8. The fourth-order valence-electron chi connectivity index (χ4n) is 5.66. The highest BCUT2D eigenvalue weighted by molar-refractivity contribution is 5.82. The Bertz CT molecular complexity index is 1660. The first-order valence-corrected chi connectivity index (χ1v) is 19.6. The molecule has 16 nitrogen and oxygen atoms in total. The summed E-state index contributed by atoms with van der Waals surface area (Å²) in [6, 6.07) is 13.6. The minimum absolute atomic E-state index is 0.0863. The highest BCUT2D eigenvalue weighted by Gasteiger charge is 2.32. The van der Waals surface area contributed by atoms with Crippen molar-refractivity contribution in [3.05, 3.63) is 85.0 Å². The maximum atomic E-state index is 12.9. The van der Waals surface area contributed by atoms with E-state index < -0.39 is 48.0 Å². The predicted molar refractivity (Wildman–Crippen MR) is 211 cm³/mol. The summed E-state index contributed by atoms with van der Waals surface area (Å²) in [6.07, 6.45) is 2.70. The van der Waals surface area contributed by atoms with Gasteiger partial charge in [0.25, 0.3) is 0 Å². The molecule has 2 unspecified atom stereocenters. The van der Waals surface area contributed by atoms with Crippen molar-refractivity contribution in [1.29, 1.82) is 0 Å². The first kappa shape index (κ1) is 48.1. The number of hydrogen-bond donors (Lipinski definition) is 0. The lowest BCUT2D eigenvalue weighted by atomic mass is 9.82. The van der Waals surface area contributed by atoms with E-state index in [1.807, 2.05) is 0 Å². The second-order valence-electron chi connectivity index (χ2n) is 13.9. The van der Waals surface area contributed by atoms with Gasteiger partial charge >= 0.3 is 47.8 Å². The van der Waals surface area contributed by atoms with E-state index in [4.69, 9.17) is 37.9 Å². The molecule has 1 saturated carbocycles. The Kier molecular flexibility index (Phi) is 20.8.